The van der Waals surface area contributed by atoms with Gasteiger partial charge in [0, 0.05) is 24.7 Å². The van der Waals surface area contributed by atoms with Crippen molar-refractivity contribution in [2.75, 3.05) is 19.0 Å². The molecule has 2 nitrogen and oxygen atoms in total. The number of hydrogen-bond acceptors (Lipinski definition) is 2. The molecule has 0 unspecified atom stereocenters. The third-order valence-electron chi connectivity index (χ3n) is 1.42. The summed E-state index contributed by atoms with van der Waals surface area (Å²) < 4.78 is 0. The summed E-state index contributed by atoms with van der Waals surface area (Å²) in [5.41, 5.74) is 1.09. The molecule has 0 saturated heterocycles. The second-order valence-electron chi connectivity index (χ2n) is 2.27. The fourth-order valence-corrected chi connectivity index (χ4v) is 0.997. The molecule has 0 saturated carbocycles. The summed E-state index contributed by atoms with van der Waals surface area (Å²) in [5, 5.41) is 0. The van der Waals surface area contributed by atoms with Crippen LogP contribution in [0.4, 0.5) is 0 Å². The van der Waals surface area contributed by atoms with E-state index in [2.05, 4.69) is 16.0 Å². The molecule has 64 valence electrons. The summed E-state index contributed by atoms with van der Waals surface area (Å²) in [6.07, 6.45) is 3.93. The van der Waals surface area contributed by atoms with Crippen LogP contribution in [0.1, 0.15) is 6.92 Å². The normalized spacial score (nSPS) is 15.8. The lowest BCUT2D eigenvalue weighted by molar-refractivity contribution is 0.497. The summed E-state index contributed by atoms with van der Waals surface area (Å²) in [7, 11) is 0. The van der Waals surface area contributed by atoms with E-state index >= 15 is 0 Å². The molecule has 0 amide bonds. The highest BCUT2D eigenvalue weighted by molar-refractivity contribution is 6.18. The number of aliphatic imine (C=N–C) groups is 1. The molecule has 0 atom stereocenters. The monoisotopic (exact) mass is 194 g/mol. The van der Waals surface area contributed by atoms with E-state index in [9.17, 15) is 0 Å². The SMILES string of the molecule is CC1=CCN(CCCl)C=N1.Cl. The van der Waals surface area contributed by atoms with Crippen LogP contribution in [0.15, 0.2) is 16.8 Å². The Balaban J connectivity index is 0.000001000. The van der Waals surface area contributed by atoms with Gasteiger partial charge in [0.2, 0.25) is 0 Å². The van der Waals surface area contributed by atoms with Crippen molar-refractivity contribution in [2.45, 2.75) is 6.92 Å². The lowest BCUT2D eigenvalue weighted by atomic mass is 10.4. The summed E-state index contributed by atoms with van der Waals surface area (Å²) in [4.78, 5) is 6.22. The Kier molecular flexibility index (Phi) is 5.34. The molecule has 0 aromatic carbocycles. The van der Waals surface area contributed by atoms with E-state index in [1.807, 2.05) is 13.3 Å². The van der Waals surface area contributed by atoms with Crippen molar-refractivity contribution >= 4 is 30.3 Å². The van der Waals surface area contributed by atoms with E-state index < -0.39 is 0 Å². The van der Waals surface area contributed by atoms with E-state index in [-0.39, 0.29) is 12.4 Å². The van der Waals surface area contributed by atoms with E-state index in [4.69, 9.17) is 11.6 Å². The number of rotatable bonds is 2. The van der Waals surface area contributed by atoms with Crippen molar-refractivity contribution < 1.29 is 0 Å². The zero-order valence-corrected chi connectivity index (χ0v) is 8.03. The van der Waals surface area contributed by atoms with Crippen LogP contribution in [0, 0.1) is 0 Å². The molecule has 0 aromatic rings. The van der Waals surface area contributed by atoms with Crippen LogP contribution in [0.5, 0.6) is 0 Å². The zero-order chi connectivity index (χ0) is 7.40. The molecule has 0 fully saturated rings. The maximum Gasteiger partial charge on any atom is 0.0911 e. The molecule has 1 heterocycles. The number of nitrogens with zero attached hydrogens (tertiary/aromatic N) is 2. The molecule has 0 aromatic heterocycles. The molecular weight excluding hydrogens is 183 g/mol. The van der Waals surface area contributed by atoms with Crippen LogP contribution < -0.4 is 0 Å². The molecular formula is C7H12Cl2N2. The highest BCUT2D eigenvalue weighted by atomic mass is 35.5. The third kappa shape index (κ3) is 3.63. The molecule has 1 aliphatic rings. The Morgan fingerprint density at radius 2 is 2.45 bits per heavy atom. The Hall–Kier alpha value is -0.210. The number of hydrogen-bond donors (Lipinski definition) is 0. The summed E-state index contributed by atoms with van der Waals surface area (Å²) >= 11 is 5.55. The fourth-order valence-electron chi connectivity index (χ4n) is 0.780. The highest BCUT2D eigenvalue weighted by Gasteiger charge is 2.00. The van der Waals surface area contributed by atoms with Gasteiger partial charge in [-0.05, 0) is 13.0 Å². The number of alkyl halides is 1. The molecule has 0 bridgehead atoms. The van der Waals surface area contributed by atoms with Gasteiger partial charge in [-0.3, -0.25) is 0 Å². The average Bonchev–Trinajstić information content (AvgIpc) is 1.95. The van der Waals surface area contributed by atoms with Crippen LogP contribution in [-0.2, 0) is 0 Å². The van der Waals surface area contributed by atoms with E-state index in [1.54, 1.807) is 0 Å². The third-order valence-corrected chi connectivity index (χ3v) is 1.59. The Morgan fingerprint density at radius 3 is 2.91 bits per heavy atom. The predicted molar refractivity (Wildman–Crippen MR) is 51.8 cm³/mol. The lowest BCUT2D eigenvalue weighted by Gasteiger charge is -2.18. The smallest absolute Gasteiger partial charge is 0.0911 e. The van der Waals surface area contributed by atoms with E-state index in [1.165, 1.54) is 0 Å². The summed E-state index contributed by atoms with van der Waals surface area (Å²) in [5.74, 6) is 0.666. The molecule has 0 spiro atoms. The quantitative estimate of drug-likeness (QED) is 0.614. The second kappa shape index (κ2) is 5.44. The van der Waals surface area contributed by atoms with Crippen molar-refractivity contribution in [1.82, 2.24) is 4.90 Å². The van der Waals surface area contributed by atoms with Gasteiger partial charge < -0.3 is 4.90 Å². The summed E-state index contributed by atoms with van der Waals surface area (Å²) in [6.45, 7) is 3.82. The minimum absolute atomic E-state index is 0. The second-order valence-corrected chi connectivity index (χ2v) is 2.65. The fraction of sp³-hybridized carbons (Fsp3) is 0.571. The topological polar surface area (TPSA) is 15.6 Å². The highest BCUT2D eigenvalue weighted by Crippen LogP contribution is 2.01. The molecule has 11 heavy (non-hydrogen) atoms. The van der Waals surface area contributed by atoms with Gasteiger partial charge in [-0.1, -0.05) is 0 Å². The van der Waals surface area contributed by atoms with Gasteiger partial charge in [-0.2, -0.15) is 0 Å². The molecule has 0 radical (unpaired) electrons. The van der Waals surface area contributed by atoms with Crippen LogP contribution in [0.25, 0.3) is 0 Å². The van der Waals surface area contributed by atoms with Crippen molar-refractivity contribution in [1.29, 1.82) is 0 Å². The van der Waals surface area contributed by atoms with Gasteiger partial charge in [-0.15, -0.1) is 24.0 Å². The molecule has 0 aliphatic carbocycles. The first-order valence-corrected chi connectivity index (χ1v) is 3.87. The van der Waals surface area contributed by atoms with Crippen molar-refractivity contribution in [3.63, 3.8) is 0 Å². The first-order valence-electron chi connectivity index (χ1n) is 3.34. The van der Waals surface area contributed by atoms with Gasteiger partial charge in [0.1, 0.15) is 0 Å². The molecule has 1 rings (SSSR count). The Labute approximate surface area is 78.3 Å². The minimum atomic E-state index is 0. The van der Waals surface area contributed by atoms with Gasteiger partial charge >= 0.3 is 0 Å². The van der Waals surface area contributed by atoms with Crippen LogP contribution >= 0.6 is 24.0 Å². The van der Waals surface area contributed by atoms with Gasteiger partial charge in [0.05, 0.1) is 6.34 Å². The van der Waals surface area contributed by atoms with Crippen LogP contribution in [0.2, 0.25) is 0 Å². The zero-order valence-electron chi connectivity index (χ0n) is 6.46. The van der Waals surface area contributed by atoms with Crippen molar-refractivity contribution in [2.24, 2.45) is 4.99 Å². The van der Waals surface area contributed by atoms with Crippen molar-refractivity contribution in [3.8, 4) is 0 Å². The largest absolute Gasteiger partial charge is 0.358 e. The van der Waals surface area contributed by atoms with E-state index in [0.29, 0.717) is 5.88 Å². The van der Waals surface area contributed by atoms with Gasteiger partial charge in [0.15, 0.2) is 0 Å². The Morgan fingerprint density at radius 1 is 1.73 bits per heavy atom. The molecule has 0 N–H and O–H groups in total. The Bertz CT molecular complexity index is 166. The van der Waals surface area contributed by atoms with Crippen molar-refractivity contribution in [3.05, 3.63) is 11.8 Å². The van der Waals surface area contributed by atoms with E-state index in [0.717, 1.165) is 18.8 Å². The van der Waals surface area contributed by atoms with Crippen LogP contribution in [-0.4, -0.2) is 30.2 Å². The first kappa shape index (κ1) is 10.8. The lowest BCUT2D eigenvalue weighted by Crippen LogP contribution is -2.26. The summed E-state index contributed by atoms with van der Waals surface area (Å²) in [6, 6.07) is 0. The maximum absolute atomic E-state index is 5.55. The van der Waals surface area contributed by atoms with Crippen LogP contribution in [0.3, 0.4) is 0 Å². The average molecular weight is 195 g/mol. The van der Waals surface area contributed by atoms with Gasteiger partial charge in [-0.25, -0.2) is 4.99 Å². The standard InChI is InChI=1S/C7H11ClN2.ClH/c1-7-2-4-10(5-3-8)6-9-7;/h2,6H,3-5H2,1H3;1H. The molecule has 1 aliphatic heterocycles. The minimum Gasteiger partial charge on any atom is -0.358 e. The predicted octanol–water partition coefficient (Wildman–Crippen LogP) is 1.89. The maximum atomic E-state index is 5.55. The van der Waals surface area contributed by atoms with Gasteiger partial charge in [0.25, 0.3) is 0 Å². The number of allylic oxidation sites excluding steroid dienone is 1. The first-order chi connectivity index (χ1) is 4.83. The molecule has 4 heteroatoms. The number of halogens is 2.